The zero-order valence-corrected chi connectivity index (χ0v) is 19.1. The number of nitrogens with one attached hydrogen (secondary N) is 1. The molecule has 1 heterocycles. The van der Waals surface area contributed by atoms with Crippen molar-refractivity contribution in [1.29, 1.82) is 0 Å². The molecule has 0 saturated heterocycles. The highest BCUT2D eigenvalue weighted by molar-refractivity contribution is 9.10. The van der Waals surface area contributed by atoms with Gasteiger partial charge in [-0.25, -0.2) is 0 Å². The van der Waals surface area contributed by atoms with Gasteiger partial charge < -0.3 is 19.2 Å². The number of hydrogen-bond donors (Lipinski definition) is 1. The number of carbonyl (C=O) groups excluding carboxylic acids is 1. The molecule has 0 bridgehead atoms. The number of para-hydroxylation sites is 1. The third-order valence-electron chi connectivity index (χ3n) is 4.80. The molecular weight excluding hydrogens is 474 g/mol. The lowest BCUT2D eigenvalue weighted by Gasteiger charge is -2.11. The molecule has 4 aromatic rings. The minimum Gasteiger partial charge on any atom is -0.484 e. The Morgan fingerprint density at radius 1 is 1.03 bits per heavy atom. The van der Waals surface area contributed by atoms with E-state index in [4.69, 9.17) is 13.9 Å². The van der Waals surface area contributed by atoms with Crippen LogP contribution >= 0.6 is 15.9 Å². The number of aryl methyl sites for hydroxylation is 2. The van der Waals surface area contributed by atoms with Crippen LogP contribution in [-0.2, 0) is 4.79 Å². The summed E-state index contributed by atoms with van der Waals surface area (Å²) in [6.45, 7) is 3.76. The lowest BCUT2D eigenvalue weighted by molar-refractivity contribution is -0.118. The monoisotopic (exact) mass is 493 g/mol. The summed E-state index contributed by atoms with van der Waals surface area (Å²) in [5.41, 5.74) is 2.87. The van der Waals surface area contributed by atoms with Crippen LogP contribution in [0.15, 0.2) is 80.6 Å². The van der Waals surface area contributed by atoms with Crippen molar-refractivity contribution in [3.05, 3.63) is 92.7 Å². The van der Waals surface area contributed by atoms with Gasteiger partial charge in [0.15, 0.2) is 6.61 Å². The van der Waals surface area contributed by atoms with Gasteiger partial charge in [-0.05, 0) is 65.7 Å². The van der Waals surface area contributed by atoms with Crippen LogP contribution in [0, 0.1) is 13.8 Å². The number of carbonyl (C=O) groups is 1. The van der Waals surface area contributed by atoms with E-state index < -0.39 is 0 Å². The first-order valence-electron chi connectivity index (χ1n) is 9.88. The first-order chi connectivity index (χ1) is 15.4. The second kappa shape index (κ2) is 9.28. The van der Waals surface area contributed by atoms with Gasteiger partial charge in [0.1, 0.15) is 23.3 Å². The number of anilines is 1. The second-order valence-electron chi connectivity index (χ2n) is 7.27. The standard InChI is InChI=1S/C25H20BrNO5/c1-15-7-10-20(16(2)11-15)27-24(28)14-30-17-8-9-18-22(12-17)31-13-23(25(18)29)32-21-6-4-3-5-19(21)26/h3-13H,14H2,1-2H3,(H,27,28). The largest absolute Gasteiger partial charge is 0.484 e. The van der Waals surface area contributed by atoms with Crippen molar-refractivity contribution in [2.75, 3.05) is 11.9 Å². The summed E-state index contributed by atoms with van der Waals surface area (Å²) in [5.74, 6) is 0.714. The van der Waals surface area contributed by atoms with Crippen LogP contribution in [0.1, 0.15) is 11.1 Å². The number of benzene rings is 3. The molecule has 1 aromatic heterocycles. The highest BCUT2D eigenvalue weighted by Crippen LogP contribution is 2.29. The number of halogens is 1. The molecule has 0 atom stereocenters. The minimum atomic E-state index is -0.304. The first-order valence-corrected chi connectivity index (χ1v) is 10.7. The molecule has 7 heteroatoms. The third kappa shape index (κ3) is 4.84. The van der Waals surface area contributed by atoms with Crippen LogP contribution in [0.4, 0.5) is 5.69 Å². The van der Waals surface area contributed by atoms with Gasteiger partial charge in [0.2, 0.25) is 11.2 Å². The summed E-state index contributed by atoms with van der Waals surface area (Å²) < 4.78 is 17.6. The molecule has 0 spiro atoms. The molecule has 1 amide bonds. The quantitative estimate of drug-likeness (QED) is 0.357. The third-order valence-corrected chi connectivity index (χ3v) is 5.45. The summed E-state index contributed by atoms with van der Waals surface area (Å²) >= 11 is 3.39. The Morgan fingerprint density at radius 3 is 2.62 bits per heavy atom. The van der Waals surface area contributed by atoms with Crippen molar-refractivity contribution in [1.82, 2.24) is 0 Å². The van der Waals surface area contributed by atoms with Gasteiger partial charge in [0, 0.05) is 11.8 Å². The van der Waals surface area contributed by atoms with Crippen LogP contribution in [0.25, 0.3) is 11.0 Å². The molecule has 6 nitrogen and oxygen atoms in total. The number of hydrogen-bond acceptors (Lipinski definition) is 5. The molecule has 32 heavy (non-hydrogen) atoms. The first kappa shape index (κ1) is 21.6. The van der Waals surface area contributed by atoms with Gasteiger partial charge in [0.25, 0.3) is 5.91 Å². The maximum atomic E-state index is 12.8. The van der Waals surface area contributed by atoms with Crippen LogP contribution in [-0.4, -0.2) is 12.5 Å². The van der Waals surface area contributed by atoms with Crippen LogP contribution in [0.5, 0.6) is 17.2 Å². The molecule has 0 aliphatic heterocycles. The normalized spacial score (nSPS) is 10.7. The summed E-state index contributed by atoms with van der Waals surface area (Å²) in [4.78, 5) is 25.0. The van der Waals surface area contributed by atoms with Crippen molar-refractivity contribution >= 4 is 38.5 Å². The zero-order valence-electron chi connectivity index (χ0n) is 17.5. The van der Waals surface area contributed by atoms with Gasteiger partial charge >= 0.3 is 0 Å². The van der Waals surface area contributed by atoms with E-state index in [1.807, 2.05) is 50.2 Å². The average Bonchev–Trinajstić information content (AvgIpc) is 2.77. The van der Waals surface area contributed by atoms with E-state index in [9.17, 15) is 9.59 Å². The van der Waals surface area contributed by atoms with Crippen LogP contribution in [0.3, 0.4) is 0 Å². The molecule has 4 rings (SSSR count). The minimum absolute atomic E-state index is 0.0749. The number of amides is 1. The maximum absolute atomic E-state index is 12.8. The Bertz CT molecular complexity index is 1360. The molecule has 0 saturated carbocycles. The van der Waals surface area contributed by atoms with Crippen LogP contribution in [0.2, 0.25) is 0 Å². The van der Waals surface area contributed by atoms with E-state index in [-0.39, 0.29) is 23.7 Å². The lowest BCUT2D eigenvalue weighted by atomic mass is 10.1. The van der Waals surface area contributed by atoms with E-state index in [0.717, 1.165) is 21.3 Å². The SMILES string of the molecule is Cc1ccc(NC(=O)COc2ccc3c(=O)c(Oc4ccccc4Br)coc3c2)c(C)c1. The molecule has 0 radical (unpaired) electrons. The van der Waals surface area contributed by atoms with E-state index in [0.29, 0.717) is 22.5 Å². The summed E-state index contributed by atoms with van der Waals surface area (Å²) in [5, 5.41) is 3.18. The summed E-state index contributed by atoms with van der Waals surface area (Å²) in [7, 11) is 0. The van der Waals surface area contributed by atoms with E-state index >= 15 is 0 Å². The molecule has 0 unspecified atom stereocenters. The fourth-order valence-electron chi connectivity index (χ4n) is 3.19. The molecule has 3 aromatic carbocycles. The van der Waals surface area contributed by atoms with Gasteiger partial charge in [-0.2, -0.15) is 0 Å². The van der Waals surface area contributed by atoms with Gasteiger partial charge in [-0.15, -0.1) is 0 Å². The molecule has 1 N–H and O–H groups in total. The number of rotatable bonds is 6. The highest BCUT2D eigenvalue weighted by atomic mass is 79.9. The van der Waals surface area contributed by atoms with Crippen molar-refractivity contribution in [3.8, 4) is 17.2 Å². The molecule has 0 fully saturated rings. The van der Waals surface area contributed by atoms with Gasteiger partial charge in [0.05, 0.1) is 9.86 Å². The molecular formula is C25H20BrNO5. The molecule has 0 aliphatic rings. The Hall–Kier alpha value is -3.58. The summed E-state index contributed by atoms with van der Waals surface area (Å²) in [6, 6.07) is 17.8. The Balaban J connectivity index is 1.46. The Kier molecular flexibility index (Phi) is 6.28. The topological polar surface area (TPSA) is 77.8 Å². The van der Waals surface area contributed by atoms with E-state index in [2.05, 4.69) is 21.2 Å². The highest BCUT2D eigenvalue weighted by Gasteiger charge is 2.12. The second-order valence-corrected chi connectivity index (χ2v) is 8.13. The van der Waals surface area contributed by atoms with E-state index in [1.54, 1.807) is 24.3 Å². The fraction of sp³-hybridized carbons (Fsp3) is 0.120. The van der Waals surface area contributed by atoms with Gasteiger partial charge in [-0.3, -0.25) is 9.59 Å². The number of ether oxygens (including phenoxy) is 2. The van der Waals surface area contributed by atoms with E-state index in [1.165, 1.54) is 6.26 Å². The Labute approximate surface area is 192 Å². The fourth-order valence-corrected chi connectivity index (χ4v) is 3.55. The predicted molar refractivity (Wildman–Crippen MR) is 127 cm³/mol. The van der Waals surface area contributed by atoms with Gasteiger partial charge in [-0.1, -0.05) is 29.8 Å². The molecule has 0 aliphatic carbocycles. The smallest absolute Gasteiger partial charge is 0.262 e. The van der Waals surface area contributed by atoms with Crippen molar-refractivity contribution in [2.24, 2.45) is 0 Å². The maximum Gasteiger partial charge on any atom is 0.262 e. The Morgan fingerprint density at radius 2 is 1.84 bits per heavy atom. The molecule has 162 valence electrons. The van der Waals surface area contributed by atoms with Crippen molar-refractivity contribution in [2.45, 2.75) is 13.8 Å². The average molecular weight is 494 g/mol. The van der Waals surface area contributed by atoms with Crippen molar-refractivity contribution in [3.63, 3.8) is 0 Å². The van der Waals surface area contributed by atoms with Crippen molar-refractivity contribution < 1.29 is 18.7 Å². The predicted octanol–water partition coefficient (Wildman–Crippen LogP) is 5.98. The zero-order chi connectivity index (χ0) is 22.7. The lowest BCUT2D eigenvalue weighted by Crippen LogP contribution is -2.20. The van der Waals surface area contributed by atoms with Crippen LogP contribution < -0.4 is 20.2 Å². The summed E-state index contributed by atoms with van der Waals surface area (Å²) in [6.07, 6.45) is 1.26. The number of fused-ring (bicyclic) bond motifs is 1.